The van der Waals surface area contributed by atoms with Crippen molar-refractivity contribution >= 4 is 12.4 Å². The lowest BCUT2D eigenvalue weighted by Crippen LogP contribution is -2.44. The third-order valence-electron chi connectivity index (χ3n) is 3.43. The number of fused-ring (bicyclic) bond motifs is 1. The monoisotopic (exact) mass is 254 g/mol. The molecule has 17 heavy (non-hydrogen) atoms. The average molecular weight is 255 g/mol. The third kappa shape index (κ3) is 2.73. The van der Waals surface area contributed by atoms with Gasteiger partial charge in [0.25, 0.3) is 0 Å². The summed E-state index contributed by atoms with van der Waals surface area (Å²) in [5.41, 5.74) is 1.31. The lowest BCUT2D eigenvalue weighted by Gasteiger charge is -2.26. The molecular formula is C13H19ClN2O. The molecule has 3 rings (SSSR count). The van der Waals surface area contributed by atoms with Gasteiger partial charge in [-0.05, 0) is 25.5 Å². The van der Waals surface area contributed by atoms with Gasteiger partial charge in [0.1, 0.15) is 12.4 Å². The highest BCUT2D eigenvalue weighted by molar-refractivity contribution is 5.85. The smallest absolute Gasteiger partial charge is 0.124 e. The van der Waals surface area contributed by atoms with Crippen LogP contribution in [0, 0.1) is 0 Å². The Kier molecular flexibility index (Phi) is 4.26. The Morgan fingerprint density at radius 3 is 3.00 bits per heavy atom. The second-order valence-electron chi connectivity index (χ2n) is 4.61. The van der Waals surface area contributed by atoms with Gasteiger partial charge in [-0.2, -0.15) is 0 Å². The van der Waals surface area contributed by atoms with Gasteiger partial charge in [-0.15, -0.1) is 12.4 Å². The Labute approximate surface area is 108 Å². The van der Waals surface area contributed by atoms with E-state index in [0.29, 0.717) is 12.1 Å². The Balaban J connectivity index is 0.00000108. The van der Waals surface area contributed by atoms with E-state index in [1.54, 1.807) is 0 Å². The molecule has 0 amide bonds. The standard InChI is InChI=1S/C13H18N2O.ClH/c1-2-6-13-11(5-1)12(9-16-13)15-10-4-3-7-14-8-10;/h1-2,5-6,10,12,14-15H,3-4,7-9H2;1H. The van der Waals surface area contributed by atoms with Crippen LogP contribution in [0.25, 0.3) is 0 Å². The number of benzene rings is 1. The molecule has 2 atom stereocenters. The molecule has 2 aliphatic heterocycles. The minimum absolute atomic E-state index is 0. The maximum atomic E-state index is 5.67. The molecule has 0 bridgehead atoms. The molecule has 2 heterocycles. The van der Waals surface area contributed by atoms with Gasteiger partial charge in [0.2, 0.25) is 0 Å². The molecule has 1 aromatic carbocycles. The molecule has 0 aliphatic carbocycles. The summed E-state index contributed by atoms with van der Waals surface area (Å²) in [5, 5.41) is 7.12. The van der Waals surface area contributed by atoms with Gasteiger partial charge in [0, 0.05) is 18.2 Å². The first-order valence-electron chi connectivity index (χ1n) is 6.12. The highest BCUT2D eigenvalue weighted by atomic mass is 35.5. The first-order chi connectivity index (χ1) is 7.93. The van der Waals surface area contributed by atoms with Gasteiger partial charge < -0.3 is 15.4 Å². The van der Waals surface area contributed by atoms with Crippen molar-refractivity contribution in [1.29, 1.82) is 0 Å². The summed E-state index contributed by atoms with van der Waals surface area (Å²) >= 11 is 0. The van der Waals surface area contributed by atoms with Crippen molar-refractivity contribution in [2.45, 2.75) is 24.9 Å². The average Bonchev–Trinajstić information content (AvgIpc) is 2.74. The maximum absolute atomic E-state index is 5.67. The minimum Gasteiger partial charge on any atom is -0.491 e. The van der Waals surface area contributed by atoms with Crippen LogP contribution in [0.3, 0.4) is 0 Å². The molecule has 2 N–H and O–H groups in total. The molecule has 1 saturated heterocycles. The molecule has 3 nitrogen and oxygen atoms in total. The van der Waals surface area contributed by atoms with Crippen LogP contribution in [0.1, 0.15) is 24.4 Å². The van der Waals surface area contributed by atoms with Gasteiger partial charge in [0.15, 0.2) is 0 Å². The second-order valence-corrected chi connectivity index (χ2v) is 4.61. The number of nitrogens with one attached hydrogen (secondary N) is 2. The first-order valence-corrected chi connectivity index (χ1v) is 6.12. The van der Waals surface area contributed by atoms with Crippen LogP contribution >= 0.6 is 12.4 Å². The fourth-order valence-electron chi connectivity index (χ4n) is 2.58. The number of hydrogen-bond donors (Lipinski definition) is 2. The van der Waals surface area contributed by atoms with Crippen molar-refractivity contribution in [2.24, 2.45) is 0 Å². The van der Waals surface area contributed by atoms with E-state index in [0.717, 1.165) is 25.4 Å². The zero-order valence-electron chi connectivity index (χ0n) is 9.82. The Morgan fingerprint density at radius 2 is 2.18 bits per heavy atom. The van der Waals surface area contributed by atoms with E-state index in [4.69, 9.17) is 4.74 Å². The van der Waals surface area contributed by atoms with Gasteiger partial charge >= 0.3 is 0 Å². The van der Waals surface area contributed by atoms with E-state index in [2.05, 4.69) is 28.8 Å². The molecule has 0 radical (unpaired) electrons. The van der Waals surface area contributed by atoms with Crippen molar-refractivity contribution in [1.82, 2.24) is 10.6 Å². The fraction of sp³-hybridized carbons (Fsp3) is 0.538. The predicted octanol–water partition coefficient (Wildman–Crippen LogP) is 1.88. The lowest BCUT2D eigenvalue weighted by molar-refractivity contribution is 0.280. The van der Waals surface area contributed by atoms with Crippen LogP contribution in [0.4, 0.5) is 0 Å². The van der Waals surface area contributed by atoms with Crippen LogP contribution in [-0.4, -0.2) is 25.7 Å². The van der Waals surface area contributed by atoms with Gasteiger partial charge in [0.05, 0.1) is 6.04 Å². The summed E-state index contributed by atoms with van der Waals surface area (Å²) in [6, 6.07) is 9.30. The molecule has 2 unspecified atom stereocenters. The quantitative estimate of drug-likeness (QED) is 0.846. The summed E-state index contributed by atoms with van der Waals surface area (Å²) < 4.78 is 5.67. The van der Waals surface area contributed by atoms with E-state index in [1.165, 1.54) is 18.4 Å². The second kappa shape index (κ2) is 5.71. The highest BCUT2D eigenvalue weighted by Gasteiger charge is 2.26. The molecule has 0 saturated carbocycles. The van der Waals surface area contributed by atoms with Crippen molar-refractivity contribution in [3.63, 3.8) is 0 Å². The van der Waals surface area contributed by atoms with E-state index < -0.39 is 0 Å². The molecule has 1 aromatic rings. The maximum Gasteiger partial charge on any atom is 0.124 e. The largest absolute Gasteiger partial charge is 0.491 e. The molecular weight excluding hydrogens is 236 g/mol. The van der Waals surface area contributed by atoms with Crippen molar-refractivity contribution in [2.75, 3.05) is 19.7 Å². The van der Waals surface area contributed by atoms with Crippen molar-refractivity contribution in [3.05, 3.63) is 29.8 Å². The fourth-order valence-corrected chi connectivity index (χ4v) is 2.58. The van der Waals surface area contributed by atoms with E-state index in [9.17, 15) is 0 Å². The minimum atomic E-state index is 0. The predicted molar refractivity (Wildman–Crippen MR) is 71.0 cm³/mol. The topological polar surface area (TPSA) is 33.3 Å². The molecule has 0 spiro atoms. The number of halogens is 1. The molecule has 1 fully saturated rings. The number of hydrogen-bond acceptors (Lipinski definition) is 3. The van der Waals surface area contributed by atoms with Gasteiger partial charge in [-0.1, -0.05) is 18.2 Å². The SMILES string of the molecule is Cl.c1ccc2c(c1)OCC2NC1CCCNC1. The third-order valence-corrected chi connectivity index (χ3v) is 3.43. The summed E-state index contributed by atoms with van der Waals surface area (Å²) in [7, 11) is 0. The van der Waals surface area contributed by atoms with Crippen molar-refractivity contribution < 1.29 is 4.74 Å². The Hall–Kier alpha value is -0.770. The Bertz CT molecular complexity index is 366. The van der Waals surface area contributed by atoms with Crippen LogP contribution in [-0.2, 0) is 0 Å². The summed E-state index contributed by atoms with van der Waals surface area (Å²) in [5.74, 6) is 1.05. The first kappa shape index (κ1) is 12.7. The molecule has 0 aromatic heterocycles. The van der Waals surface area contributed by atoms with Crippen LogP contribution in [0.15, 0.2) is 24.3 Å². The number of piperidine rings is 1. The van der Waals surface area contributed by atoms with Gasteiger partial charge in [-0.25, -0.2) is 0 Å². The molecule has 94 valence electrons. The summed E-state index contributed by atoms with van der Waals surface area (Å²) in [4.78, 5) is 0. The number of rotatable bonds is 2. The van der Waals surface area contributed by atoms with Gasteiger partial charge in [-0.3, -0.25) is 0 Å². The molecule has 2 aliphatic rings. The zero-order valence-corrected chi connectivity index (χ0v) is 10.6. The Morgan fingerprint density at radius 1 is 1.29 bits per heavy atom. The normalized spacial score (nSPS) is 26.8. The summed E-state index contributed by atoms with van der Waals surface area (Å²) in [6.45, 7) is 3.02. The highest BCUT2D eigenvalue weighted by Crippen LogP contribution is 2.32. The van der Waals surface area contributed by atoms with Crippen LogP contribution < -0.4 is 15.4 Å². The number of para-hydroxylation sites is 1. The van der Waals surface area contributed by atoms with E-state index in [-0.39, 0.29) is 12.4 Å². The van der Waals surface area contributed by atoms with E-state index in [1.807, 2.05) is 6.07 Å². The zero-order chi connectivity index (χ0) is 10.8. The lowest BCUT2D eigenvalue weighted by atomic mass is 10.0. The van der Waals surface area contributed by atoms with Crippen LogP contribution in [0.5, 0.6) is 5.75 Å². The van der Waals surface area contributed by atoms with Crippen molar-refractivity contribution in [3.8, 4) is 5.75 Å². The summed E-state index contributed by atoms with van der Waals surface area (Å²) in [6.07, 6.45) is 2.54. The van der Waals surface area contributed by atoms with Crippen LogP contribution in [0.2, 0.25) is 0 Å². The number of ether oxygens (including phenoxy) is 1. The van der Waals surface area contributed by atoms with E-state index >= 15 is 0 Å². The molecule has 4 heteroatoms.